The van der Waals surface area contributed by atoms with Gasteiger partial charge in [0.2, 0.25) is 0 Å². The molecular formula is C19H18N2O2. The molecule has 0 amide bonds. The molecule has 0 radical (unpaired) electrons. The van der Waals surface area contributed by atoms with Gasteiger partial charge in [0.15, 0.2) is 0 Å². The highest BCUT2D eigenvalue weighted by molar-refractivity contribution is 5.76. The number of hydrogen-bond donors (Lipinski definition) is 1. The third kappa shape index (κ3) is 3.11. The summed E-state index contributed by atoms with van der Waals surface area (Å²) in [6.45, 7) is 0.160. The van der Waals surface area contributed by atoms with Crippen molar-refractivity contribution in [3.8, 4) is 22.5 Å². The Balaban J connectivity index is 2.11. The van der Waals surface area contributed by atoms with E-state index in [0.29, 0.717) is 5.69 Å². The molecule has 0 bridgehead atoms. The molecule has 3 aromatic rings. The Kier molecular flexibility index (Phi) is 4.15. The molecule has 0 aliphatic rings. The first-order valence-corrected chi connectivity index (χ1v) is 7.36. The van der Waals surface area contributed by atoms with Crippen molar-refractivity contribution in [1.29, 1.82) is 0 Å². The molecule has 1 heterocycles. The second-order valence-corrected chi connectivity index (χ2v) is 5.25. The predicted octanol–water partition coefficient (Wildman–Crippen LogP) is 3.58. The maximum Gasteiger partial charge on any atom is 0.325 e. The van der Waals surface area contributed by atoms with Crippen LogP contribution in [-0.4, -0.2) is 17.6 Å². The van der Waals surface area contributed by atoms with Crippen LogP contribution in [0.3, 0.4) is 0 Å². The SMILES string of the molecule is COC(=O)Cn1c(-c2ccccc2)ccc1-c1ccc(N)cc1. The lowest BCUT2D eigenvalue weighted by molar-refractivity contribution is -0.141. The number of aromatic nitrogens is 1. The number of methoxy groups -OCH3 is 1. The van der Waals surface area contributed by atoms with Gasteiger partial charge in [-0.25, -0.2) is 0 Å². The number of esters is 1. The highest BCUT2D eigenvalue weighted by atomic mass is 16.5. The fourth-order valence-corrected chi connectivity index (χ4v) is 2.60. The van der Waals surface area contributed by atoms with Gasteiger partial charge in [-0.15, -0.1) is 0 Å². The second kappa shape index (κ2) is 6.40. The van der Waals surface area contributed by atoms with Crippen molar-refractivity contribution < 1.29 is 9.53 Å². The van der Waals surface area contributed by atoms with Gasteiger partial charge in [0.1, 0.15) is 6.54 Å². The van der Waals surface area contributed by atoms with Gasteiger partial charge in [-0.1, -0.05) is 42.5 Å². The van der Waals surface area contributed by atoms with E-state index in [4.69, 9.17) is 10.5 Å². The summed E-state index contributed by atoms with van der Waals surface area (Å²) in [6, 6.07) is 21.6. The first kappa shape index (κ1) is 14.9. The average Bonchev–Trinajstić information content (AvgIpc) is 2.99. The van der Waals surface area contributed by atoms with Gasteiger partial charge in [-0.05, 0) is 35.4 Å². The van der Waals surface area contributed by atoms with Crippen molar-refractivity contribution in [3.63, 3.8) is 0 Å². The molecule has 0 atom stereocenters. The molecule has 0 spiro atoms. The Morgan fingerprint density at radius 3 is 2.04 bits per heavy atom. The number of benzene rings is 2. The number of rotatable bonds is 4. The molecule has 0 unspecified atom stereocenters. The van der Waals surface area contributed by atoms with E-state index in [1.165, 1.54) is 7.11 Å². The largest absolute Gasteiger partial charge is 0.468 e. The van der Waals surface area contributed by atoms with Crippen LogP contribution in [0.2, 0.25) is 0 Å². The molecule has 0 aliphatic heterocycles. The Bertz CT molecular complexity index is 805. The number of anilines is 1. The predicted molar refractivity (Wildman–Crippen MR) is 91.7 cm³/mol. The van der Waals surface area contributed by atoms with Crippen LogP contribution in [0.25, 0.3) is 22.5 Å². The Labute approximate surface area is 135 Å². The van der Waals surface area contributed by atoms with Crippen molar-refractivity contribution >= 4 is 11.7 Å². The Hall–Kier alpha value is -3.01. The lowest BCUT2D eigenvalue weighted by Crippen LogP contribution is -2.13. The van der Waals surface area contributed by atoms with Crippen molar-refractivity contribution in [2.75, 3.05) is 12.8 Å². The number of ether oxygens (including phenoxy) is 1. The van der Waals surface area contributed by atoms with Crippen LogP contribution in [-0.2, 0) is 16.1 Å². The van der Waals surface area contributed by atoms with E-state index in [9.17, 15) is 4.79 Å². The number of nitrogens with zero attached hydrogens (tertiary/aromatic N) is 1. The lowest BCUT2D eigenvalue weighted by atomic mass is 10.1. The smallest absolute Gasteiger partial charge is 0.325 e. The molecular weight excluding hydrogens is 288 g/mol. The number of hydrogen-bond acceptors (Lipinski definition) is 3. The van der Waals surface area contributed by atoms with Crippen LogP contribution in [0.15, 0.2) is 66.7 Å². The fraction of sp³-hybridized carbons (Fsp3) is 0.105. The van der Waals surface area contributed by atoms with Crippen LogP contribution in [0, 0.1) is 0 Å². The summed E-state index contributed by atoms with van der Waals surface area (Å²) in [7, 11) is 1.40. The van der Waals surface area contributed by atoms with Crippen molar-refractivity contribution in [2.24, 2.45) is 0 Å². The molecule has 3 rings (SSSR count). The summed E-state index contributed by atoms with van der Waals surface area (Å²) in [6.07, 6.45) is 0. The van der Waals surface area contributed by atoms with E-state index >= 15 is 0 Å². The van der Waals surface area contributed by atoms with Gasteiger partial charge in [-0.2, -0.15) is 0 Å². The highest BCUT2D eigenvalue weighted by Gasteiger charge is 2.14. The molecule has 23 heavy (non-hydrogen) atoms. The topological polar surface area (TPSA) is 57.2 Å². The zero-order chi connectivity index (χ0) is 16.2. The van der Waals surface area contributed by atoms with E-state index in [1.54, 1.807) is 0 Å². The molecule has 1 aromatic heterocycles. The zero-order valence-electron chi connectivity index (χ0n) is 12.9. The van der Waals surface area contributed by atoms with Crippen LogP contribution >= 0.6 is 0 Å². The molecule has 0 aliphatic carbocycles. The van der Waals surface area contributed by atoms with E-state index < -0.39 is 0 Å². The lowest BCUT2D eigenvalue weighted by Gasteiger charge is -2.13. The van der Waals surface area contributed by atoms with Crippen molar-refractivity contribution in [1.82, 2.24) is 4.57 Å². The molecule has 2 aromatic carbocycles. The van der Waals surface area contributed by atoms with E-state index in [2.05, 4.69) is 0 Å². The summed E-state index contributed by atoms with van der Waals surface area (Å²) in [5.74, 6) is -0.282. The molecule has 0 saturated heterocycles. The molecule has 0 fully saturated rings. The zero-order valence-corrected chi connectivity index (χ0v) is 12.9. The molecule has 116 valence electrons. The normalized spacial score (nSPS) is 10.5. The fourth-order valence-electron chi connectivity index (χ4n) is 2.60. The third-order valence-electron chi connectivity index (χ3n) is 3.77. The van der Waals surface area contributed by atoms with Gasteiger partial charge >= 0.3 is 5.97 Å². The summed E-state index contributed by atoms with van der Waals surface area (Å²) >= 11 is 0. The Morgan fingerprint density at radius 2 is 1.48 bits per heavy atom. The standard InChI is InChI=1S/C19H18N2O2/c1-23-19(22)13-21-17(14-5-3-2-4-6-14)11-12-18(21)15-7-9-16(20)10-8-15/h2-12H,13,20H2,1H3. The first-order valence-electron chi connectivity index (χ1n) is 7.36. The van der Waals surface area contributed by atoms with Crippen molar-refractivity contribution in [2.45, 2.75) is 6.54 Å². The van der Waals surface area contributed by atoms with Crippen molar-refractivity contribution in [3.05, 3.63) is 66.7 Å². The maximum absolute atomic E-state index is 11.8. The molecule has 4 nitrogen and oxygen atoms in total. The van der Waals surface area contributed by atoms with Gasteiger partial charge in [0, 0.05) is 17.1 Å². The number of carbonyl (C=O) groups excluding carboxylic acids is 1. The number of carbonyl (C=O) groups is 1. The number of nitrogens with two attached hydrogens (primary N) is 1. The van der Waals surface area contributed by atoms with Crippen LogP contribution in [0.4, 0.5) is 5.69 Å². The van der Waals surface area contributed by atoms with E-state index in [0.717, 1.165) is 22.5 Å². The highest BCUT2D eigenvalue weighted by Crippen LogP contribution is 2.29. The third-order valence-corrected chi connectivity index (χ3v) is 3.77. The minimum Gasteiger partial charge on any atom is -0.468 e. The van der Waals surface area contributed by atoms with Crippen LogP contribution < -0.4 is 5.73 Å². The molecule has 4 heteroatoms. The minimum absolute atomic E-state index is 0.160. The molecule has 0 saturated carbocycles. The van der Waals surface area contributed by atoms with E-state index in [-0.39, 0.29) is 12.5 Å². The molecule has 2 N–H and O–H groups in total. The second-order valence-electron chi connectivity index (χ2n) is 5.25. The van der Waals surface area contributed by atoms with Gasteiger partial charge in [0.25, 0.3) is 0 Å². The van der Waals surface area contributed by atoms with Gasteiger partial charge in [-0.3, -0.25) is 4.79 Å². The Morgan fingerprint density at radius 1 is 0.913 bits per heavy atom. The summed E-state index contributed by atoms with van der Waals surface area (Å²) in [5, 5.41) is 0. The maximum atomic E-state index is 11.8. The summed E-state index contributed by atoms with van der Waals surface area (Å²) in [4.78, 5) is 11.8. The van der Waals surface area contributed by atoms with Gasteiger partial charge in [0.05, 0.1) is 7.11 Å². The summed E-state index contributed by atoms with van der Waals surface area (Å²) < 4.78 is 6.81. The quantitative estimate of drug-likeness (QED) is 0.592. The summed E-state index contributed by atoms with van der Waals surface area (Å²) in [5.41, 5.74) is 10.5. The monoisotopic (exact) mass is 306 g/mol. The van der Waals surface area contributed by atoms with Gasteiger partial charge < -0.3 is 15.0 Å². The van der Waals surface area contributed by atoms with E-state index in [1.807, 2.05) is 71.3 Å². The van der Waals surface area contributed by atoms with Crippen LogP contribution in [0.1, 0.15) is 0 Å². The first-order chi connectivity index (χ1) is 11.2. The van der Waals surface area contributed by atoms with Crippen LogP contribution in [0.5, 0.6) is 0 Å². The minimum atomic E-state index is -0.282. The average molecular weight is 306 g/mol. The number of nitrogen functional groups attached to an aromatic ring is 1.